The Morgan fingerprint density at radius 1 is 1.44 bits per heavy atom. The average molecular weight is 436 g/mol. The molecule has 1 aromatic carbocycles. The molecule has 1 N–H and O–H groups in total. The predicted molar refractivity (Wildman–Crippen MR) is 132 cm³/mol. The summed E-state index contributed by atoms with van der Waals surface area (Å²) in [5, 5.41) is 6.31. The molecule has 1 unspecified atom stereocenters. The van der Waals surface area contributed by atoms with Gasteiger partial charge in [-0.2, -0.15) is 4.91 Å². The molecule has 1 saturated heterocycles. The Morgan fingerprint density at radius 3 is 3.03 bits per heavy atom. The third-order valence-corrected chi connectivity index (χ3v) is 5.61. The summed E-state index contributed by atoms with van der Waals surface area (Å²) >= 11 is 0. The minimum absolute atomic E-state index is 0.214. The van der Waals surface area contributed by atoms with E-state index in [0.717, 1.165) is 60.8 Å². The highest BCUT2D eigenvalue weighted by Crippen LogP contribution is 2.24. The molecule has 1 aliphatic carbocycles. The maximum absolute atomic E-state index is 10.9. The predicted octanol–water partition coefficient (Wildman–Crippen LogP) is 5.60. The van der Waals surface area contributed by atoms with E-state index in [1.165, 1.54) is 6.20 Å². The molecule has 7 nitrogen and oxygen atoms in total. The zero-order valence-electron chi connectivity index (χ0n) is 19.3. The summed E-state index contributed by atoms with van der Waals surface area (Å²) in [7, 11) is 0. The molecule has 1 heterocycles. The zero-order chi connectivity index (χ0) is 22.9. The van der Waals surface area contributed by atoms with E-state index in [0.29, 0.717) is 12.4 Å². The molecule has 0 aromatic heterocycles. The highest BCUT2D eigenvalue weighted by Gasteiger charge is 2.25. The Morgan fingerprint density at radius 2 is 2.28 bits per heavy atom. The Hall–Kier alpha value is -3.06. The smallest absolute Gasteiger partial charge is 0.227 e. The van der Waals surface area contributed by atoms with Gasteiger partial charge in [0.2, 0.25) is 5.96 Å². The van der Waals surface area contributed by atoms with Gasteiger partial charge in [0.1, 0.15) is 17.9 Å². The van der Waals surface area contributed by atoms with Crippen LogP contribution in [0, 0.1) is 4.91 Å². The number of nitrogens with one attached hydrogen (secondary N) is 1. The molecule has 0 bridgehead atoms. The Labute approximate surface area is 190 Å². The van der Waals surface area contributed by atoms with E-state index in [9.17, 15) is 4.91 Å². The molecule has 1 aromatic rings. The van der Waals surface area contributed by atoms with Crippen LogP contribution in [0.3, 0.4) is 0 Å². The van der Waals surface area contributed by atoms with Crippen LogP contribution in [0.5, 0.6) is 0 Å². The fourth-order valence-corrected chi connectivity index (χ4v) is 3.86. The van der Waals surface area contributed by atoms with Gasteiger partial charge in [-0.25, -0.2) is 9.98 Å². The Bertz CT molecular complexity index is 947. The van der Waals surface area contributed by atoms with Crippen molar-refractivity contribution in [3.8, 4) is 0 Å². The molecule has 1 aliphatic heterocycles. The summed E-state index contributed by atoms with van der Waals surface area (Å²) in [6.07, 6.45) is 8.73. The molecule has 3 rings (SSSR count). The van der Waals surface area contributed by atoms with Gasteiger partial charge in [0, 0.05) is 37.5 Å². The van der Waals surface area contributed by atoms with Crippen LogP contribution < -0.4 is 5.32 Å². The number of anilines is 1. The standard InChI is InChI=1S/C25H33N5O2/c1-5-13-30-14-12-23(17-30)32-24-16-22(11-10-18(24)3)28-25(26-6-2)27-21-9-7-8-20(15-21)19(4)29-31/h6-10,15-16,19,23H,2,5,11-14,17H2,1,3-4H3,(H,26,27)/b28-22+/t19?,23-/m1/s1. The molecule has 1 fully saturated rings. The van der Waals surface area contributed by atoms with Crippen molar-refractivity contribution in [1.29, 1.82) is 0 Å². The molecule has 0 amide bonds. The number of guanidine groups is 1. The van der Waals surface area contributed by atoms with Crippen LogP contribution in [0.15, 0.2) is 75.7 Å². The first kappa shape index (κ1) is 23.6. The Kier molecular flexibility index (Phi) is 8.50. The van der Waals surface area contributed by atoms with Gasteiger partial charge < -0.3 is 10.1 Å². The lowest BCUT2D eigenvalue weighted by molar-refractivity contribution is 0.126. The quantitative estimate of drug-likeness (QED) is 0.327. The number of nitrogens with zero attached hydrogens (tertiary/aromatic N) is 4. The molecule has 7 heteroatoms. The van der Waals surface area contributed by atoms with Gasteiger partial charge in [0.05, 0.1) is 5.71 Å². The second-order valence-corrected chi connectivity index (χ2v) is 8.20. The lowest BCUT2D eigenvalue weighted by atomic mass is 10.0. The highest BCUT2D eigenvalue weighted by atomic mass is 16.5. The van der Waals surface area contributed by atoms with Crippen LogP contribution in [0.25, 0.3) is 0 Å². The molecule has 2 atom stereocenters. The lowest BCUT2D eigenvalue weighted by Gasteiger charge is -2.21. The summed E-state index contributed by atoms with van der Waals surface area (Å²) < 4.78 is 6.34. The van der Waals surface area contributed by atoms with Crippen LogP contribution >= 0.6 is 0 Å². The third-order valence-electron chi connectivity index (χ3n) is 5.61. The SMILES string of the molecule is C=C/N=C(\N=C1\C=C(O[C@@H]2CCN(CCC)C2)C(C)=CC1)Nc1cccc(C(C)N=O)c1. The second-order valence-electron chi connectivity index (χ2n) is 8.20. The van der Waals surface area contributed by atoms with Crippen molar-refractivity contribution >= 4 is 17.4 Å². The van der Waals surface area contributed by atoms with Gasteiger partial charge in [-0.3, -0.25) is 4.90 Å². The number of allylic oxidation sites excluding steroid dienone is 3. The third kappa shape index (κ3) is 6.47. The normalized spacial score (nSPS) is 21.7. The first-order valence-corrected chi connectivity index (χ1v) is 11.3. The maximum atomic E-state index is 10.9. The van der Waals surface area contributed by atoms with E-state index in [4.69, 9.17) is 9.73 Å². The second kappa shape index (κ2) is 11.5. The Balaban J connectivity index is 1.73. The van der Waals surface area contributed by atoms with Gasteiger partial charge in [-0.15, -0.1) is 0 Å². The molecule has 0 saturated carbocycles. The molecule has 0 radical (unpaired) electrons. The van der Waals surface area contributed by atoms with E-state index in [1.54, 1.807) is 6.92 Å². The molecular weight excluding hydrogens is 402 g/mol. The van der Waals surface area contributed by atoms with E-state index >= 15 is 0 Å². The van der Waals surface area contributed by atoms with Crippen molar-refractivity contribution < 1.29 is 4.74 Å². The van der Waals surface area contributed by atoms with E-state index in [1.807, 2.05) is 30.3 Å². The topological polar surface area (TPSA) is 78.7 Å². The monoisotopic (exact) mass is 435 g/mol. The number of benzene rings is 1. The van der Waals surface area contributed by atoms with Crippen molar-refractivity contribution in [1.82, 2.24) is 4.90 Å². The molecular formula is C25H33N5O2. The van der Waals surface area contributed by atoms with E-state index in [2.05, 4.69) is 46.9 Å². The maximum Gasteiger partial charge on any atom is 0.227 e. The van der Waals surface area contributed by atoms with Crippen LogP contribution in [0.2, 0.25) is 0 Å². The van der Waals surface area contributed by atoms with Crippen molar-refractivity contribution in [2.45, 2.75) is 52.2 Å². The summed E-state index contributed by atoms with van der Waals surface area (Å²) in [5.74, 6) is 1.31. The number of hydrogen-bond donors (Lipinski definition) is 1. The zero-order valence-corrected chi connectivity index (χ0v) is 19.3. The van der Waals surface area contributed by atoms with Crippen LogP contribution in [-0.4, -0.2) is 42.3 Å². The molecule has 170 valence electrons. The van der Waals surface area contributed by atoms with Crippen LogP contribution in [-0.2, 0) is 4.74 Å². The van der Waals surface area contributed by atoms with Gasteiger partial charge in [0.25, 0.3) is 0 Å². The largest absolute Gasteiger partial charge is 0.489 e. The van der Waals surface area contributed by atoms with E-state index < -0.39 is 6.04 Å². The van der Waals surface area contributed by atoms with Gasteiger partial charge >= 0.3 is 0 Å². The summed E-state index contributed by atoms with van der Waals surface area (Å²) in [5.41, 5.74) is 3.61. The van der Waals surface area contributed by atoms with Gasteiger partial charge in [-0.05, 0) is 56.5 Å². The van der Waals surface area contributed by atoms with Crippen LogP contribution in [0.4, 0.5) is 5.69 Å². The lowest BCUT2D eigenvalue weighted by Crippen LogP contribution is -2.24. The van der Waals surface area contributed by atoms with Crippen molar-refractivity contribution in [2.24, 2.45) is 15.2 Å². The average Bonchev–Trinajstić information content (AvgIpc) is 3.23. The van der Waals surface area contributed by atoms with E-state index in [-0.39, 0.29) is 6.10 Å². The number of rotatable bonds is 8. The summed E-state index contributed by atoms with van der Waals surface area (Å²) in [6.45, 7) is 12.9. The minimum atomic E-state index is -0.416. The van der Waals surface area contributed by atoms with Gasteiger partial charge in [-0.1, -0.05) is 36.9 Å². The van der Waals surface area contributed by atoms with Crippen molar-refractivity contribution in [2.75, 3.05) is 25.0 Å². The first-order valence-electron chi connectivity index (χ1n) is 11.3. The van der Waals surface area contributed by atoms with Crippen molar-refractivity contribution in [3.63, 3.8) is 0 Å². The molecule has 0 spiro atoms. The minimum Gasteiger partial charge on any atom is -0.489 e. The van der Waals surface area contributed by atoms with Crippen LogP contribution in [0.1, 0.15) is 51.6 Å². The fourth-order valence-electron chi connectivity index (χ4n) is 3.86. The molecule has 32 heavy (non-hydrogen) atoms. The highest BCUT2D eigenvalue weighted by molar-refractivity contribution is 6.09. The number of nitroso groups, excluding NO2 is 1. The number of ether oxygens (including phenoxy) is 1. The molecule has 2 aliphatic rings. The summed E-state index contributed by atoms with van der Waals surface area (Å²) in [4.78, 5) is 22.3. The number of aliphatic imine (C=N–C) groups is 2. The number of hydrogen-bond acceptors (Lipinski definition) is 5. The first-order chi connectivity index (χ1) is 15.5. The van der Waals surface area contributed by atoms with Crippen molar-refractivity contribution in [3.05, 3.63) is 71.0 Å². The summed E-state index contributed by atoms with van der Waals surface area (Å²) in [6, 6.07) is 7.11. The number of likely N-dealkylation sites (tertiary alicyclic amines) is 1. The fraction of sp³-hybridized carbons (Fsp3) is 0.440. The van der Waals surface area contributed by atoms with Gasteiger partial charge in [0.15, 0.2) is 0 Å².